The van der Waals surface area contributed by atoms with Crippen LogP contribution in [0.1, 0.15) is 38.5 Å². The maximum absolute atomic E-state index is 8.12. The molecule has 0 unspecified atom stereocenters. The van der Waals surface area contributed by atoms with Crippen LogP contribution in [0.2, 0.25) is 0 Å². The summed E-state index contributed by atoms with van der Waals surface area (Å²) in [6, 6.07) is 8.12. The third-order valence-electron chi connectivity index (χ3n) is 2.78. The highest BCUT2D eigenvalue weighted by Crippen LogP contribution is 2.15. The van der Waals surface area contributed by atoms with Gasteiger partial charge in [0.1, 0.15) is 5.75 Å². The quantitative estimate of drug-likeness (QED) is 0.180. The van der Waals surface area contributed by atoms with Gasteiger partial charge in [0, 0.05) is 15.0 Å². The number of ether oxygens (including phenoxy) is 1. The molecule has 0 N–H and O–H groups in total. The molecule has 0 aliphatic rings. The van der Waals surface area contributed by atoms with Crippen LogP contribution in [0.5, 0.6) is 5.75 Å². The first-order valence-corrected chi connectivity index (χ1v) is 7.80. The second kappa shape index (κ2) is 10.9. The molecule has 0 saturated carbocycles. The lowest BCUT2D eigenvalue weighted by molar-refractivity contribution is 0.304. The molecule has 1 aromatic rings. The fraction of sp³-hybridized carbons (Fsp3) is 0.571. The zero-order valence-electron chi connectivity index (χ0n) is 11.1. The van der Waals surface area contributed by atoms with Crippen molar-refractivity contribution >= 4 is 22.6 Å². The first-order valence-electron chi connectivity index (χ1n) is 6.72. The molecule has 19 heavy (non-hydrogen) atoms. The maximum atomic E-state index is 8.12. The molecule has 0 aliphatic carbocycles. The molecular formula is C14H20IN3O. The third kappa shape index (κ3) is 8.72. The summed E-state index contributed by atoms with van der Waals surface area (Å²) in [6.45, 7) is 1.42. The Morgan fingerprint density at radius 3 is 2.58 bits per heavy atom. The number of rotatable bonds is 10. The zero-order chi connectivity index (χ0) is 13.8. The monoisotopic (exact) mass is 373 g/mol. The van der Waals surface area contributed by atoms with E-state index in [0.29, 0.717) is 6.54 Å². The Labute approximate surface area is 128 Å². The fourth-order valence-electron chi connectivity index (χ4n) is 1.78. The van der Waals surface area contributed by atoms with Crippen LogP contribution in [0.4, 0.5) is 0 Å². The van der Waals surface area contributed by atoms with Gasteiger partial charge < -0.3 is 4.74 Å². The second-order valence-corrected chi connectivity index (χ2v) is 5.63. The van der Waals surface area contributed by atoms with Crippen molar-refractivity contribution in [2.24, 2.45) is 5.11 Å². The van der Waals surface area contributed by atoms with E-state index in [-0.39, 0.29) is 0 Å². The van der Waals surface area contributed by atoms with Gasteiger partial charge in [0.05, 0.1) is 6.61 Å². The molecular weight excluding hydrogens is 353 g/mol. The average molecular weight is 373 g/mol. The highest BCUT2D eigenvalue weighted by atomic mass is 127. The summed E-state index contributed by atoms with van der Waals surface area (Å²) in [5, 5.41) is 3.52. The van der Waals surface area contributed by atoms with Crippen molar-refractivity contribution < 1.29 is 4.74 Å². The summed E-state index contributed by atoms with van der Waals surface area (Å²) < 4.78 is 6.89. The minimum absolute atomic E-state index is 0.631. The highest BCUT2D eigenvalue weighted by molar-refractivity contribution is 14.1. The van der Waals surface area contributed by atoms with Gasteiger partial charge in [-0.15, -0.1) is 0 Å². The minimum Gasteiger partial charge on any atom is -0.494 e. The van der Waals surface area contributed by atoms with Gasteiger partial charge in [-0.05, 0) is 59.2 Å². The van der Waals surface area contributed by atoms with Crippen molar-refractivity contribution in [3.05, 3.63) is 38.3 Å². The summed E-state index contributed by atoms with van der Waals surface area (Å²) in [5.41, 5.74) is 8.12. The molecule has 0 bridgehead atoms. The van der Waals surface area contributed by atoms with E-state index in [2.05, 4.69) is 44.7 Å². The minimum atomic E-state index is 0.631. The van der Waals surface area contributed by atoms with Gasteiger partial charge in [-0.2, -0.15) is 0 Å². The van der Waals surface area contributed by atoms with Crippen LogP contribution in [0.3, 0.4) is 0 Å². The molecule has 0 saturated heterocycles. The van der Waals surface area contributed by atoms with Crippen LogP contribution in [-0.2, 0) is 0 Å². The van der Waals surface area contributed by atoms with Crippen LogP contribution < -0.4 is 4.74 Å². The van der Waals surface area contributed by atoms with Crippen LogP contribution in [0, 0.1) is 3.57 Å². The van der Waals surface area contributed by atoms with E-state index < -0.39 is 0 Å². The molecule has 0 amide bonds. The molecule has 1 aromatic carbocycles. The normalized spacial score (nSPS) is 9.95. The SMILES string of the molecule is [N-]=[N+]=NCCCCCCCCOc1cccc(I)c1. The number of azide groups is 1. The van der Waals surface area contributed by atoms with Crippen molar-refractivity contribution in [3.8, 4) is 5.75 Å². The van der Waals surface area contributed by atoms with Gasteiger partial charge in [0.25, 0.3) is 0 Å². The van der Waals surface area contributed by atoms with Gasteiger partial charge >= 0.3 is 0 Å². The van der Waals surface area contributed by atoms with Crippen molar-refractivity contribution in [2.45, 2.75) is 38.5 Å². The van der Waals surface area contributed by atoms with Crippen LogP contribution >= 0.6 is 22.6 Å². The second-order valence-electron chi connectivity index (χ2n) is 4.38. The van der Waals surface area contributed by atoms with E-state index >= 15 is 0 Å². The number of benzene rings is 1. The predicted molar refractivity (Wildman–Crippen MR) is 86.4 cm³/mol. The molecule has 0 heterocycles. The first kappa shape index (κ1) is 16.1. The third-order valence-corrected chi connectivity index (χ3v) is 3.45. The van der Waals surface area contributed by atoms with E-state index in [1.165, 1.54) is 22.8 Å². The van der Waals surface area contributed by atoms with E-state index in [1.807, 2.05) is 12.1 Å². The Balaban J connectivity index is 1.92. The van der Waals surface area contributed by atoms with Crippen LogP contribution in [-0.4, -0.2) is 13.2 Å². The van der Waals surface area contributed by atoms with Crippen molar-refractivity contribution in [2.75, 3.05) is 13.2 Å². The van der Waals surface area contributed by atoms with Crippen molar-refractivity contribution in [1.29, 1.82) is 0 Å². The first-order chi connectivity index (χ1) is 9.33. The Kier molecular flexibility index (Phi) is 9.27. The molecule has 0 radical (unpaired) electrons. The number of halogens is 1. The number of nitrogens with zero attached hydrogens (tertiary/aromatic N) is 3. The van der Waals surface area contributed by atoms with Crippen LogP contribution in [0.15, 0.2) is 29.4 Å². The molecule has 4 nitrogen and oxygen atoms in total. The smallest absolute Gasteiger partial charge is 0.120 e. The Morgan fingerprint density at radius 2 is 1.84 bits per heavy atom. The van der Waals surface area contributed by atoms with Gasteiger partial charge in [-0.3, -0.25) is 0 Å². The van der Waals surface area contributed by atoms with Crippen molar-refractivity contribution in [3.63, 3.8) is 0 Å². The molecule has 0 aliphatic heterocycles. The van der Waals surface area contributed by atoms with Crippen molar-refractivity contribution in [1.82, 2.24) is 0 Å². The summed E-state index contributed by atoms with van der Waals surface area (Å²) in [6.07, 6.45) is 6.89. The Hall–Kier alpha value is -0.940. The standard InChI is InChI=1S/C14H20IN3O/c15-13-8-7-9-14(12-13)19-11-6-4-2-1-3-5-10-17-18-16/h7-9,12H,1-6,10-11H2. The van der Waals surface area contributed by atoms with Crippen LogP contribution in [0.25, 0.3) is 10.4 Å². The predicted octanol–water partition coefficient (Wildman–Crippen LogP) is 5.32. The average Bonchev–Trinajstić information content (AvgIpc) is 2.41. The summed E-state index contributed by atoms with van der Waals surface area (Å²) in [4.78, 5) is 2.74. The Bertz CT molecular complexity index is 405. The fourth-order valence-corrected chi connectivity index (χ4v) is 2.30. The number of unbranched alkanes of at least 4 members (excludes halogenated alkanes) is 5. The number of hydrogen-bond donors (Lipinski definition) is 0. The summed E-state index contributed by atoms with van der Waals surface area (Å²) in [7, 11) is 0. The molecule has 0 atom stereocenters. The maximum Gasteiger partial charge on any atom is 0.120 e. The lowest BCUT2D eigenvalue weighted by Gasteiger charge is -2.06. The van der Waals surface area contributed by atoms with Gasteiger partial charge in [0.2, 0.25) is 0 Å². The van der Waals surface area contributed by atoms with Gasteiger partial charge in [0.15, 0.2) is 0 Å². The molecule has 1 rings (SSSR count). The molecule has 0 spiro atoms. The summed E-state index contributed by atoms with van der Waals surface area (Å²) in [5.74, 6) is 0.960. The van der Waals surface area contributed by atoms with E-state index in [9.17, 15) is 0 Å². The van der Waals surface area contributed by atoms with E-state index in [1.54, 1.807) is 0 Å². The highest BCUT2D eigenvalue weighted by Gasteiger charge is 1.95. The lowest BCUT2D eigenvalue weighted by Crippen LogP contribution is -1.97. The van der Waals surface area contributed by atoms with E-state index in [0.717, 1.165) is 31.6 Å². The molecule has 104 valence electrons. The zero-order valence-corrected chi connectivity index (χ0v) is 13.3. The summed E-state index contributed by atoms with van der Waals surface area (Å²) >= 11 is 2.29. The van der Waals surface area contributed by atoms with E-state index in [4.69, 9.17) is 10.3 Å². The van der Waals surface area contributed by atoms with Gasteiger partial charge in [-0.25, -0.2) is 0 Å². The lowest BCUT2D eigenvalue weighted by atomic mass is 10.1. The molecule has 0 fully saturated rings. The number of hydrogen-bond acceptors (Lipinski definition) is 2. The Morgan fingerprint density at radius 1 is 1.11 bits per heavy atom. The molecule has 5 heteroatoms. The molecule has 0 aromatic heterocycles. The largest absolute Gasteiger partial charge is 0.494 e. The van der Waals surface area contributed by atoms with Gasteiger partial charge in [-0.1, -0.05) is 36.9 Å². The topological polar surface area (TPSA) is 58.0 Å².